The Morgan fingerprint density at radius 3 is 2.50 bits per heavy atom. The Kier molecular flexibility index (Phi) is 6.41. The van der Waals surface area contributed by atoms with Crippen LogP contribution in [0.15, 0.2) is 23.8 Å². The van der Waals surface area contributed by atoms with Gasteiger partial charge in [0, 0.05) is 38.2 Å². The van der Waals surface area contributed by atoms with Crippen molar-refractivity contribution in [3.8, 4) is 17.2 Å². The molecule has 3 rings (SSSR count). The zero-order chi connectivity index (χ0) is 20.1. The van der Waals surface area contributed by atoms with E-state index in [4.69, 9.17) is 14.2 Å². The summed E-state index contributed by atoms with van der Waals surface area (Å²) < 4.78 is 16.0. The molecule has 0 radical (unpaired) electrons. The predicted molar refractivity (Wildman–Crippen MR) is 105 cm³/mol. The molecule has 1 fully saturated rings. The lowest BCUT2D eigenvalue weighted by molar-refractivity contribution is -0.126. The Balaban J connectivity index is 1.70. The fourth-order valence-corrected chi connectivity index (χ4v) is 3.53. The molecule has 1 unspecified atom stereocenters. The molecule has 1 atom stereocenters. The third-order valence-electron chi connectivity index (χ3n) is 5.10. The largest absolute Gasteiger partial charge is 0.493 e. The van der Waals surface area contributed by atoms with Crippen molar-refractivity contribution >= 4 is 17.5 Å². The monoisotopic (exact) mass is 389 g/mol. The average Bonchev–Trinajstić information content (AvgIpc) is 3.13. The molecule has 0 aromatic heterocycles. The van der Waals surface area contributed by atoms with Crippen LogP contribution in [-0.2, 0) is 9.59 Å². The first-order chi connectivity index (χ1) is 13.6. The van der Waals surface area contributed by atoms with Gasteiger partial charge in [0.25, 0.3) is 0 Å². The molecule has 28 heavy (non-hydrogen) atoms. The second-order valence-electron chi connectivity index (χ2n) is 6.82. The highest BCUT2D eigenvalue weighted by molar-refractivity contribution is 6.00. The van der Waals surface area contributed by atoms with Crippen LogP contribution in [0.25, 0.3) is 0 Å². The van der Waals surface area contributed by atoms with Crippen LogP contribution < -0.4 is 29.7 Å². The topological polar surface area (TPSA) is 89.1 Å². The molecular weight excluding hydrogens is 362 g/mol. The molecule has 0 saturated carbocycles. The molecule has 8 nitrogen and oxygen atoms in total. The summed E-state index contributed by atoms with van der Waals surface area (Å²) in [5, 5.41) is 6.21. The average molecular weight is 389 g/mol. The van der Waals surface area contributed by atoms with Crippen LogP contribution in [0, 0.1) is 5.92 Å². The zero-order valence-corrected chi connectivity index (χ0v) is 16.5. The molecule has 0 spiro atoms. The van der Waals surface area contributed by atoms with E-state index in [9.17, 15) is 9.59 Å². The molecule has 2 aliphatic heterocycles. The van der Waals surface area contributed by atoms with E-state index < -0.39 is 0 Å². The van der Waals surface area contributed by atoms with Gasteiger partial charge in [0.2, 0.25) is 17.6 Å². The molecule has 1 aromatic carbocycles. The molecule has 152 valence electrons. The lowest BCUT2D eigenvalue weighted by Gasteiger charge is -2.20. The molecule has 1 aromatic rings. The van der Waals surface area contributed by atoms with Crippen molar-refractivity contribution in [2.24, 2.45) is 5.92 Å². The second kappa shape index (κ2) is 8.97. The molecule has 2 heterocycles. The van der Waals surface area contributed by atoms with Crippen molar-refractivity contribution < 1.29 is 23.8 Å². The maximum absolute atomic E-state index is 12.6. The minimum Gasteiger partial charge on any atom is -0.493 e. The maximum atomic E-state index is 12.6. The first kappa shape index (κ1) is 20.0. The van der Waals surface area contributed by atoms with Crippen molar-refractivity contribution in [1.29, 1.82) is 0 Å². The summed E-state index contributed by atoms with van der Waals surface area (Å²) in [4.78, 5) is 26.7. The number of methoxy groups -OCH3 is 3. The van der Waals surface area contributed by atoms with E-state index in [1.165, 1.54) is 26.9 Å². The number of hydrogen-bond acceptors (Lipinski definition) is 6. The van der Waals surface area contributed by atoms with Gasteiger partial charge < -0.3 is 29.7 Å². The van der Waals surface area contributed by atoms with Crippen LogP contribution >= 0.6 is 0 Å². The summed E-state index contributed by atoms with van der Waals surface area (Å²) >= 11 is 0. The van der Waals surface area contributed by atoms with E-state index in [1.807, 2.05) is 0 Å². The Bertz CT molecular complexity index is 752. The number of ether oxygens (including phenoxy) is 3. The van der Waals surface area contributed by atoms with Crippen molar-refractivity contribution in [2.45, 2.75) is 12.8 Å². The smallest absolute Gasteiger partial charge is 0.227 e. The van der Waals surface area contributed by atoms with Crippen LogP contribution in [0.1, 0.15) is 12.8 Å². The SMILES string of the molecule is COc1cc(N2CC(C(=O)NCC3=CCNCC3)CC2=O)cc(OC)c1OC. The highest BCUT2D eigenvalue weighted by atomic mass is 16.5. The Hall–Kier alpha value is -2.74. The van der Waals surface area contributed by atoms with Gasteiger partial charge in [0.15, 0.2) is 11.5 Å². The number of benzene rings is 1. The molecule has 8 heteroatoms. The number of rotatable bonds is 7. The summed E-state index contributed by atoms with van der Waals surface area (Å²) in [6.07, 6.45) is 3.22. The molecule has 0 aliphatic carbocycles. The lowest BCUT2D eigenvalue weighted by atomic mass is 10.1. The number of nitrogens with zero attached hydrogens (tertiary/aromatic N) is 1. The van der Waals surface area contributed by atoms with Crippen LogP contribution in [0.5, 0.6) is 17.2 Å². The van der Waals surface area contributed by atoms with Gasteiger partial charge in [0.05, 0.1) is 32.9 Å². The number of amides is 2. The van der Waals surface area contributed by atoms with Gasteiger partial charge in [-0.3, -0.25) is 9.59 Å². The van der Waals surface area contributed by atoms with E-state index >= 15 is 0 Å². The summed E-state index contributed by atoms with van der Waals surface area (Å²) in [6.45, 7) is 2.62. The van der Waals surface area contributed by atoms with Gasteiger partial charge in [-0.25, -0.2) is 0 Å². The van der Waals surface area contributed by atoms with Crippen molar-refractivity contribution in [1.82, 2.24) is 10.6 Å². The van der Waals surface area contributed by atoms with Crippen molar-refractivity contribution in [3.63, 3.8) is 0 Å². The Morgan fingerprint density at radius 2 is 1.93 bits per heavy atom. The third kappa shape index (κ3) is 4.22. The fourth-order valence-electron chi connectivity index (χ4n) is 3.53. The van der Waals surface area contributed by atoms with E-state index in [-0.39, 0.29) is 24.2 Å². The minimum atomic E-state index is -0.381. The van der Waals surface area contributed by atoms with Gasteiger partial charge in [-0.2, -0.15) is 0 Å². The Labute approximate surface area is 164 Å². The Morgan fingerprint density at radius 1 is 1.21 bits per heavy atom. The lowest BCUT2D eigenvalue weighted by Crippen LogP contribution is -2.35. The zero-order valence-electron chi connectivity index (χ0n) is 16.5. The van der Waals surface area contributed by atoms with E-state index in [2.05, 4.69) is 16.7 Å². The van der Waals surface area contributed by atoms with E-state index in [0.717, 1.165) is 19.5 Å². The first-order valence-electron chi connectivity index (χ1n) is 9.34. The van der Waals surface area contributed by atoms with Gasteiger partial charge in [-0.1, -0.05) is 11.6 Å². The van der Waals surface area contributed by atoms with Crippen LogP contribution in [0.3, 0.4) is 0 Å². The minimum absolute atomic E-state index is 0.0947. The molecule has 2 amide bonds. The fraction of sp³-hybridized carbons (Fsp3) is 0.500. The summed E-state index contributed by atoms with van der Waals surface area (Å²) in [5.41, 5.74) is 1.84. The van der Waals surface area contributed by atoms with Gasteiger partial charge in [-0.05, 0) is 13.0 Å². The predicted octanol–water partition coefficient (Wildman–Crippen LogP) is 1.10. The number of hydrogen-bond donors (Lipinski definition) is 2. The highest BCUT2D eigenvalue weighted by Gasteiger charge is 2.36. The molecule has 2 aliphatic rings. The first-order valence-corrected chi connectivity index (χ1v) is 9.34. The molecule has 1 saturated heterocycles. The number of carbonyl (C=O) groups excluding carboxylic acids is 2. The van der Waals surface area contributed by atoms with E-state index in [0.29, 0.717) is 36.0 Å². The molecular formula is C20H27N3O5. The normalized spacial score (nSPS) is 19.2. The second-order valence-corrected chi connectivity index (χ2v) is 6.82. The summed E-state index contributed by atoms with van der Waals surface area (Å²) in [5.74, 6) is 0.822. The summed E-state index contributed by atoms with van der Waals surface area (Å²) in [6, 6.07) is 3.44. The van der Waals surface area contributed by atoms with Crippen molar-refractivity contribution in [2.75, 3.05) is 52.4 Å². The van der Waals surface area contributed by atoms with Crippen molar-refractivity contribution in [3.05, 3.63) is 23.8 Å². The van der Waals surface area contributed by atoms with Gasteiger partial charge in [0.1, 0.15) is 0 Å². The van der Waals surface area contributed by atoms with Crippen LogP contribution in [-0.4, -0.2) is 59.3 Å². The quantitative estimate of drug-likeness (QED) is 0.679. The maximum Gasteiger partial charge on any atom is 0.227 e. The van der Waals surface area contributed by atoms with E-state index in [1.54, 1.807) is 17.0 Å². The van der Waals surface area contributed by atoms with Crippen LogP contribution in [0.4, 0.5) is 5.69 Å². The third-order valence-corrected chi connectivity index (χ3v) is 5.10. The summed E-state index contributed by atoms with van der Waals surface area (Å²) in [7, 11) is 4.58. The highest BCUT2D eigenvalue weighted by Crippen LogP contribution is 2.42. The van der Waals surface area contributed by atoms with Crippen LogP contribution in [0.2, 0.25) is 0 Å². The standard InChI is InChI=1S/C20H27N3O5/c1-26-16-9-15(10-17(27-2)19(16)28-3)23-12-14(8-18(23)24)20(25)22-11-13-4-6-21-7-5-13/h4,9-10,14,21H,5-8,11-12H2,1-3H3,(H,22,25). The van der Waals surface area contributed by atoms with Gasteiger partial charge in [-0.15, -0.1) is 0 Å². The molecule has 2 N–H and O–H groups in total. The van der Waals surface area contributed by atoms with Gasteiger partial charge >= 0.3 is 0 Å². The number of nitrogens with one attached hydrogen (secondary N) is 2. The number of anilines is 1. The molecule has 0 bridgehead atoms. The number of carbonyl (C=O) groups is 2.